The van der Waals surface area contributed by atoms with Crippen molar-refractivity contribution in [3.8, 4) is 6.07 Å². The number of rotatable bonds is 0. The summed E-state index contributed by atoms with van der Waals surface area (Å²) in [5, 5.41) is 12.3. The van der Waals surface area contributed by atoms with Gasteiger partial charge in [0.2, 0.25) is 0 Å². The zero-order chi connectivity index (χ0) is 11.7. The number of fused-ring (bicyclic) bond motifs is 2. The van der Waals surface area contributed by atoms with Gasteiger partial charge in [0.25, 0.3) is 0 Å². The first-order valence-corrected chi connectivity index (χ1v) is 6.22. The Balaban J connectivity index is 2.09. The van der Waals surface area contributed by atoms with E-state index in [1.807, 2.05) is 24.3 Å². The van der Waals surface area contributed by atoms with Crippen molar-refractivity contribution in [1.29, 1.82) is 5.26 Å². The maximum Gasteiger partial charge on any atom is 0.0992 e. The van der Waals surface area contributed by atoms with Crippen molar-refractivity contribution in [2.75, 3.05) is 5.32 Å². The number of hydrogen-bond acceptors (Lipinski definition) is 3. The smallest absolute Gasteiger partial charge is 0.0992 e. The quantitative estimate of drug-likeness (QED) is 0.761. The third-order valence-corrected chi connectivity index (χ3v) is 3.95. The topological polar surface area (TPSA) is 35.8 Å². The molecule has 0 amide bonds. The van der Waals surface area contributed by atoms with Gasteiger partial charge in [-0.3, -0.25) is 0 Å². The van der Waals surface area contributed by atoms with Gasteiger partial charge in [0.1, 0.15) is 0 Å². The Kier molecular flexibility index (Phi) is 2.50. The van der Waals surface area contributed by atoms with Crippen molar-refractivity contribution >= 4 is 17.4 Å². The van der Waals surface area contributed by atoms with Crippen LogP contribution in [0.3, 0.4) is 0 Å². The van der Waals surface area contributed by atoms with Crippen molar-refractivity contribution in [2.45, 2.75) is 16.3 Å². The lowest BCUT2D eigenvalue weighted by molar-refractivity contribution is 1.10. The number of nitriles is 1. The van der Waals surface area contributed by atoms with Crippen molar-refractivity contribution in [3.05, 3.63) is 53.6 Å². The number of benzene rings is 2. The summed E-state index contributed by atoms with van der Waals surface area (Å²) in [7, 11) is 0. The van der Waals surface area contributed by atoms with Gasteiger partial charge in [-0.05, 0) is 29.8 Å². The van der Waals surface area contributed by atoms with Gasteiger partial charge in [-0.25, -0.2) is 0 Å². The van der Waals surface area contributed by atoms with Crippen molar-refractivity contribution in [3.63, 3.8) is 0 Å². The number of anilines is 1. The standard InChI is InChI=1S/C14H10N2S/c15-8-10-5-6-12-14(7-10)17-13-4-2-1-3-11(13)9-16-12/h1-7,16H,9H2. The minimum atomic E-state index is 0.706. The minimum Gasteiger partial charge on any atom is -0.380 e. The van der Waals surface area contributed by atoms with Crippen LogP contribution in [0.2, 0.25) is 0 Å². The average molecular weight is 238 g/mol. The molecule has 0 aromatic heterocycles. The van der Waals surface area contributed by atoms with E-state index in [1.165, 1.54) is 10.5 Å². The molecule has 0 spiro atoms. The molecule has 2 nitrogen and oxygen atoms in total. The van der Waals surface area contributed by atoms with Crippen molar-refractivity contribution < 1.29 is 0 Å². The van der Waals surface area contributed by atoms with E-state index in [2.05, 4.69) is 29.6 Å². The summed E-state index contributed by atoms with van der Waals surface area (Å²) in [5.74, 6) is 0. The van der Waals surface area contributed by atoms with E-state index in [0.29, 0.717) is 5.56 Å². The first-order valence-electron chi connectivity index (χ1n) is 5.40. The maximum atomic E-state index is 8.93. The Bertz CT molecular complexity index is 614. The molecule has 1 aliphatic rings. The Labute approximate surface area is 104 Å². The molecule has 0 bridgehead atoms. The molecule has 0 unspecified atom stereocenters. The molecule has 3 rings (SSSR count). The highest BCUT2D eigenvalue weighted by Crippen LogP contribution is 2.38. The molecule has 2 aromatic carbocycles. The summed E-state index contributed by atoms with van der Waals surface area (Å²) >= 11 is 1.72. The fraction of sp³-hybridized carbons (Fsp3) is 0.0714. The average Bonchev–Trinajstić information content (AvgIpc) is 2.56. The van der Waals surface area contributed by atoms with Crippen LogP contribution in [-0.4, -0.2) is 0 Å². The zero-order valence-corrected chi connectivity index (χ0v) is 9.92. The second kappa shape index (κ2) is 4.15. The van der Waals surface area contributed by atoms with Gasteiger partial charge in [-0.15, -0.1) is 0 Å². The van der Waals surface area contributed by atoms with Gasteiger partial charge in [0, 0.05) is 22.0 Å². The summed E-state index contributed by atoms with van der Waals surface area (Å²) in [6.07, 6.45) is 0. The minimum absolute atomic E-state index is 0.706. The van der Waals surface area contributed by atoms with E-state index in [9.17, 15) is 0 Å². The number of nitrogens with one attached hydrogen (secondary N) is 1. The second-order valence-corrected chi connectivity index (χ2v) is 4.97. The second-order valence-electron chi connectivity index (χ2n) is 3.89. The predicted molar refractivity (Wildman–Crippen MR) is 69.0 cm³/mol. The lowest BCUT2D eigenvalue weighted by Crippen LogP contribution is -1.98. The molecule has 0 atom stereocenters. The van der Waals surface area contributed by atoms with E-state index < -0.39 is 0 Å². The first-order chi connectivity index (χ1) is 8.36. The summed E-state index contributed by atoms with van der Waals surface area (Å²) in [6.45, 7) is 0.835. The molecule has 1 aliphatic heterocycles. The molecule has 0 aliphatic carbocycles. The van der Waals surface area contributed by atoms with Gasteiger partial charge >= 0.3 is 0 Å². The van der Waals surface area contributed by atoms with Crippen LogP contribution in [-0.2, 0) is 6.54 Å². The summed E-state index contributed by atoms with van der Waals surface area (Å²) in [6, 6.07) is 16.3. The van der Waals surface area contributed by atoms with Crippen LogP contribution in [0.4, 0.5) is 5.69 Å². The zero-order valence-electron chi connectivity index (χ0n) is 9.10. The van der Waals surface area contributed by atoms with Gasteiger partial charge in [-0.1, -0.05) is 30.0 Å². The third kappa shape index (κ3) is 1.88. The molecular formula is C14H10N2S. The molecule has 82 valence electrons. The fourth-order valence-corrected chi connectivity index (χ4v) is 2.97. The lowest BCUT2D eigenvalue weighted by Gasteiger charge is -2.06. The Morgan fingerprint density at radius 2 is 2.00 bits per heavy atom. The largest absolute Gasteiger partial charge is 0.380 e. The van der Waals surface area contributed by atoms with Crippen LogP contribution in [0.1, 0.15) is 11.1 Å². The normalized spacial score (nSPS) is 12.6. The third-order valence-electron chi connectivity index (χ3n) is 2.77. The van der Waals surface area contributed by atoms with Crippen LogP contribution in [0.5, 0.6) is 0 Å². The highest BCUT2D eigenvalue weighted by Gasteiger charge is 2.13. The van der Waals surface area contributed by atoms with E-state index in [-0.39, 0.29) is 0 Å². The molecule has 2 aromatic rings. The fourth-order valence-electron chi connectivity index (χ4n) is 1.88. The Hall–Kier alpha value is -1.92. The number of hydrogen-bond donors (Lipinski definition) is 1. The molecule has 0 fully saturated rings. The van der Waals surface area contributed by atoms with Gasteiger partial charge in [0.05, 0.1) is 11.6 Å². The van der Waals surface area contributed by atoms with E-state index in [1.54, 1.807) is 11.8 Å². The monoisotopic (exact) mass is 238 g/mol. The molecule has 1 N–H and O–H groups in total. The van der Waals surface area contributed by atoms with Crippen LogP contribution in [0.15, 0.2) is 52.3 Å². The molecular weight excluding hydrogens is 228 g/mol. The first kappa shape index (κ1) is 10.2. The Morgan fingerprint density at radius 3 is 2.88 bits per heavy atom. The predicted octanol–water partition coefficient (Wildman–Crippen LogP) is 3.63. The van der Waals surface area contributed by atoms with Gasteiger partial charge in [-0.2, -0.15) is 5.26 Å². The highest BCUT2D eigenvalue weighted by molar-refractivity contribution is 7.99. The summed E-state index contributed by atoms with van der Waals surface area (Å²) in [4.78, 5) is 2.38. The number of nitrogens with zero attached hydrogens (tertiary/aromatic N) is 1. The van der Waals surface area contributed by atoms with Crippen LogP contribution >= 0.6 is 11.8 Å². The SMILES string of the molecule is N#Cc1ccc2c(c1)Sc1ccccc1CN2. The van der Waals surface area contributed by atoms with Gasteiger partial charge in [0.15, 0.2) is 0 Å². The van der Waals surface area contributed by atoms with Gasteiger partial charge < -0.3 is 5.32 Å². The maximum absolute atomic E-state index is 8.93. The lowest BCUT2D eigenvalue weighted by atomic mass is 10.2. The summed E-state index contributed by atoms with van der Waals surface area (Å²) < 4.78 is 0. The molecule has 3 heteroatoms. The van der Waals surface area contributed by atoms with Crippen LogP contribution < -0.4 is 5.32 Å². The molecule has 17 heavy (non-hydrogen) atoms. The van der Waals surface area contributed by atoms with E-state index in [0.717, 1.165) is 17.1 Å². The molecule has 0 saturated carbocycles. The molecule has 0 radical (unpaired) electrons. The summed E-state index contributed by atoms with van der Waals surface area (Å²) in [5.41, 5.74) is 3.11. The molecule has 0 saturated heterocycles. The van der Waals surface area contributed by atoms with E-state index in [4.69, 9.17) is 5.26 Å². The highest BCUT2D eigenvalue weighted by atomic mass is 32.2. The van der Waals surface area contributed by atoms with Crippen LogP contribution in [0, 0.1) is 11.3 Å². The van der Waals surface area contributed by atoms with Crippen molar-refractivity contribution in [2.24, 2.45) is 0 Å². The molecule has 1 heterocycles. The Morgan fingerprint density at radius 1 is 1.12 bits per heavy atom. The van der Waals surface area contributed by atoms with Crippen molar-refractivity contribution in [1.82, 2.24) is 0 Å². The van der Waals surface area contributed by atoms with E-state index >= 15 is 0 Å². The van der Waals surface area contributed by atoms with Crippen LogP contribution in [0.25, 0.3) is 0 Å².